The van der Waals surface area contributed by atoms with Crippen LogP contribution in [0, 0.1) is 19.8 Å². The number of benzene rings is 1. The van der Waals surface area contributed by atoms with Crippen LogP contribution >= 0.6 is 0 Å². The molecule has 3 N–H and O–H groups in total. The van der Waals surface area contributed by atoms with E-state index in [1.807, 2.05) is 6.07 Å². The molecule has 6 heteroatoms. The third-order valence-corrected chi connectivity index (χ3v) is 5.66. The number of amides is 2. The molecule has 3 rings (SSSR count). The maximum atomic E-state index is 12.7. The molecule has 2 amide bonds. The molecule has 1 saturated carbocycles. The zero-order valence-electron chi connectivity index (χ0n) is 16.7. The fraction of sp³-hybridized carbons (Fsp3) is 0.455. The number of aromatic amines is 1. The number of ether oxygens (including phenoxy) is 1. The van der Waals surface area contributed by atoms with E-state index in [4.69, 9.17) is 4.74 Å². The van der Waals surface area contributed by atoms with Crippen molar-refractivity contribution in [3.63, 3.8) is 0 Å². The van der Waals surface area contributed by atoms with Crippen LogP contribution in [-0.2, 0) is 16.1 Å². The Bertz CT molecular complexity index is 816. The van der Waals surface area contributed by atoms with Gasteiger partial charge in [0.1, 0.15) is 5.69 Å². The minimum atomic E-state index is -0.188. The van der Waals surface area contributed by atoms with Crippen molar-refractivity contribution in [3.05, 3.63) is 58.9 Å². The molecule has 28 heavy (non-hydrogen) atoms. The van der Waals surface area contributed by atoms with Crippen molar-refractivity contribution < 1.29 is 14.3 Å². The molecule has 0 radical (unpaired) electrons. The van der Waals surface area contributed by atoms with Crippen molar-refractivity contribution in [2.24, 2.45) is 5.92 Å². The van der Waals surface area contributed by atoms with E-state index in [0.717, 1.165) is 18.4 Å². The highest BCUT2D eigenvalue weighted by Gasteiger charge is 2.35. The Hall–Kier alpha value is -2.60. The lowest BCUT2D eigenvalue weighted by molar-refractivity contribution is -0.127. The largest absolute Gasteiger partial charge is 0.379 e. The molecule has 0 aliphatic heterocycles. The van der Waals surface area contributed by atoms with Crippen LogP contribution in [0.15, 0.2) is 36.5 Å². The van der Waals surface area contributed by atoms with Gasteiger partial charge in [0.2, 0.25) is 5.91 Å². The molecule has 0 saturated heterocycles. The van der Waals surface area contributed by atoms with Gasteiger partial charge in [-0.1, -0.05) is 18.2 Å². The normalized spacial score (nSPS) is 21.9. The van der Waals surface area contributed by atoms with Crippen molar-refractivity contribution in [2.75, 3.05) is 7.11 Å². The van der Waals surface area contributed by atoms with Gasteiger partial charge in [-0.3, -0.25) is 9.59 Å². The maximum Gasteiger partial charge on any atom is 0.267 e. The first kappa shape index (κ1) is 20.1. The zero-order valence-corrected chi connectivity index (χ0v) is 16.7. The Morgan fingerprint density at radius 2 is 2.00 bits per heavy atom. The van der Waals surface area contributed by atoms with Gasteiger partial charge in [0.25, 0.3) is 5.91 Å². The van der Waals surface area contributed by atoms with E-state index in [0.29, 0.717) is 18.7 Å². The Labute approximate surface area is 166 Å². The van der Waals surface area contributed by atoms with Crippen LogP contribution in [0.5, 0.6) is 0 Å². The first-order chi connectivity index (χ1) is 13.5. The fourth-order valence-corrected chi connectivity index (χ4v) is 3.78. The van der Waals surface area contributed by atoms with Gasteiger partial charge in [-0.25, -0.2) is 0 Å². The predicted octanol–water partition coefficient (Wildman–Crippen LogP) is 2.86. The molecule has 150 valence electrons. The number of hydrogen-bond donors (Lipinski definition) is 3. The lowest BCUT2D eigenvalue weighted by atomic mass is 9.83. The number of aryl methyl sites for hydroxylation is 2. The predicted molar refractivity (Wildman–Crippen MR) is 108 cm³/mol. The topological polar surface area (TPSA) is 83.2 Å². The SMILES string of the molecule is CO[C@@H]1CC[C@H](C(=O)NCc2ccc(C)c(C)c2)C[C@H]1NC(=O)c1ccc[nH]1. The Morgan fingerprint density at radius 1 is 1.18 bits per heavy atom. The number of carbonyl (C=O) groups is 2. The standard InChI is InChI=1S/C22H29N3O3/c1-14-6-7-16(11-15(14)2)13-24-21(26)17-8-9-20(28-3)19(12-17)25-22(27)18-5-4-10-23-18/h4-7,10-11,17,19-20,23H,8-9,12-13H2,1-3H3,(H,24,26)(H,25,27)/t17-,19+,20+/m0/s1. The smallest absolute Gasteiger partial charge is 0.267 e. The molecule has 0 spiro atoms. The summed E-state index contributed by atoms with van der Waals surface area (Å²) in [5.74, 6) is -0.271. The monoisotopic (exact) mass is 383 g/mol. The van der Waals surface area contributed by atoms with Crippen LogP contribution in [0.3, 0.4) is 0 Å². The lowest BCUT2D eigenvalue weighted by Gasteiger charge is -2.35. The van der Waals surface area contributed by atoms with Gasteiger partial charge in [-0.2, -0.15) is 0 Å². The summed E-state index contributed by atoms with van der Waals surface area (Å²) in [5, 5.41) is 6.07. The quantitative estimate of drug-likeness (QED) is 0.717. The van der Waals surface area contributed by atoms with Gasteiger partial charge in [0, 0.05) is 25.8 Å². The van der Waals surface area contributed by atoms with Crippen molar-refractivity contribution in [1.82, 2.24) is 15.6 Å². The van der Waals surface area contributed by atoms with E-state index in [2.05, 4.69) is 41.6 Å². The Balaban J connectivity index is 1.58. The number of carbonyl (C=O) groups excluding carboxylic acids is 2. The number of nitrogens with one attached hydrogen (secondary N) is 3. The third kappa shape index (κ3) is 4.81. The van der Waals surface area contributed by atoms with Gasteiger partial charge >= 0.3 is 0 Å². The number of methoxy groups -OCH3 is 1. The molecule has 1 aromatic heterocycles. The molecule has 1 aliphatic carbocycles. The first-order valence-corrected chi connectivity index (χ1v) is 9.79. The molecule has 1 heterocycles. The van der Waals surface area contributed by atoms with E-state index in [9.17, 15) is 9.59 Å². The number of aromatic nitrogens is 1. The van der Waals surface area contributed by atoms with Crippen LogP contribution in [0.25, 0.3) is 0 Å². The van der Waals surface area contributed by atoms with Gasteiger partial charge in [-0.15, -0.1) is 0 Å². The highest BCUT2D eigenvalue weighted by Crippen LogP contribution is 2.27. The molecule has 1 aliphatic rings. The van der Waals surface area contributed by atoms with Crippen molar-refractivity contribution in [3.8, 4) is 0 Å². The van der Waals surface area contributed by atoms with Gasteiger partial charge in [0.05, 0.1) is 12.1 Å². The summed E-state index contributed by atoms with van der Waals surface area (Å²) < 4.78 is 5.55. The summed E-state index contributed by atoms with van der Waals surface area (Å²) in [5.41, 5.74) is 4.07. The van der Waals surface area contributed by atoms with Gasteiger partial charge in [-0.05, 0) is 61.9 Å². The molecule has 1 fully saturated rings. The lowest BCUT2D eigenvalue weighted by Crippen LogP contribution is -2.50. The molecule has 2 aromatic rings. The summed E-state index contributed by atoms with van der Waals surface area (Å²) in [6.07, 6.45) is 3.71. The van der Waals surface area contributed by atoms with Crippen LogP contribution in [0.1, 0.15) is 46.4 Å². The summed E-state index contributed by atoms with van der Waals surface area (Å²) in [6.45, 7) is 4.67. The van der Waals surface area contributed by atoms with Crippen LogP contribution in [0.4, 0.5) is 0 Å². The van der Waals surface area contributed by atoms with E-state index in [1.165, 1.54) is 11.1 Å². The summed E-state index contributed by atoms with van der Waals surface area (Å²) in [4.78, 5) is 28.0. The van der Waals surface area contributed by atoms with E-state index in [1.54, 1.807) is 25.4 Å². The molecule has 3 atom stereocenters. The van der Waals surface area contributed by atoms with E-state index >= 15 is 0 Å². The Kier molecular flexibility index (Phi) is 6.52. The second-order valence-electron chi connectivity index (χ2n) is 7.58. The number of H-pyrrole nitrogens is 1. The molecule has 1 aromatic carbocycles. The molecular formula is C22H29N3O3. The van der Waals surface area contributed by atoms with Gasteiger partial charge < -0.3 is 20.4 Å². The fourth-order valence-electron chi connectivity index (χ4n) is 3.78. The second kappa shape index (κ2) is 9.06. The number of hydrogen-bond acceptors (Lipinski definition) is 3. The summed E-state index contributed by atoms with van der Waals surface area (Å²) >= 11 is 0. The average Bonchev–Trinajstić information content (AvgIpc) is 3.23. The number of rotatable bonds is 6. The molecule has 0 bridgehead atoms. The van der Waals surface area contributed by atoms with E-state index in [-0.39, 0.29) is 29.9 Å². The maximum absolute atomic E-state index is 12.7. The zero-order chi connectivity index (χ0) is 20.1. The molecular weight excluding hydrogens is 354 g/mol. The van der Waals surface area contributed by atoms with Crippen molar-refractivity contribution in [1.29, 1.82) is 0 Å². The average molecular weight is 383 g/mol. The third-order valence-electron chi connectivity index (χ3n) is 5.66. The minimum absolute atomic E-state index is 0.0342. The minimum Gasteiger partial charge on any atom is -0.379 e. The first-order valence-electron chi connectivity index (χ1n) is 9.79. The van der Waals surface area contributed by atoms with E-state index < -0.39 is 0 Å². The van der Waals surface area contributed by atoms with Crippen LogP contribution in [-0.4, -0.2) is 36.1 Å². The summed E-state index contributed by atoms with van der Waals surface area (Å²) in [6, 6.07) is 9.56. The highest BCUT2D eigenvalue weighted by molar-refractivity contribution is 5.92. The Morgan fingerprint density at radius 3 is 2.68 bits per heavy atom. The van der Waals surface area contributed by atoms with Crippen molar-refractivity contribution in [2.45, 2.75) is 51.8 Å². The van der Waals surface area contributed by atoms with Gasteiger partial charge in [0.15, 0.2) is 0 Å². The summed E-state index contributed by atoms with van der Waals surface area (Å²) in [7, 11) is 1.65. The van der Waals surface area contributed by atoms with Crippen LogP contribution < -0.4 is 10.6 Å². The molecule has 6 nitrogen and oxygen atoms in total. The van der Waals surface area contributed by atoms with Crippen LogP contribution in [0.2, 0.25) is 0 Å². The second-order valence-corrected chi connectivity index (χ2v) is 7.58. The molecule has 0 unspecified atom stereocenters. The van der Waals surface area contributed by atoms with Crippen molar-refractivity contribution >= 4 is 11.8 Å². The highest BCUT2D eigenvalue weighted by atomic mass is 16.5.